The first kappa shape index (κ1) is 36.7. The predicted octanol–water partition coefficient (Wildman–Crippen LogP) is 16.4. The molecule has 0 saturated carbocycles. The molecule has 3 aliphatic rings. The van der Waals surface area contributed by atoms with Crippen LogP contribution in [0.1, 0.15) is 47.2 Å². The maximum absolute atomic E-state index is 2.52. The van der Waals surface area contributed by atoms with Gasteiger partial charge in [0.2, 0.25) is 0 Å². The monoisotopic (exact) mass is 816 g/mol. The Morgan fingerprint density at radius 1 is 0.281 bits per heavy atom. The van der Waals surface area contributed by atoms with Gasteiger partial charge in [0.1, 0.15) is 0 Å². The van der Waals surface area contributed by atoms with Crippen LogP contribution in [-0.2, 0) is 10.8 Å². The Bertz CT molecular complexity index is 3440. The number of fused-ring (bicyclic) bond motifs is 15. The van der Waals surface area contributed by atoms with E-state index in [9.17, 15) is 0 Å². The molecule has 1 spiro atoms. The van der Waals surface area contributed by atoms with E-state index < -0.39 is 5.41 Å². The first-order chi connectivity index (χ1) is 31.5. The fourth-order valence-corrected chi connectivity index (χ4v) is 11.7. The van der Waals surface area contributed by atoms with E-state index in [4.69, 9.17) is 0 Å². The van der Waals surface area contributed by atoms with E-state index in [0.29, 0.717) is 0 Å². The van der Waals surface area contributed by atoms with Crippen molar-refractivity contribution in [3.05, 3.63) is 264 Å². The van der Waals surface area contributed by atoms with Crippen molar-refractivity contribution in [3.8, 4) is 33.4 Å². The lowest BCUT2D eigenvalue weighted by Gasteiger charge is -2.34. The molecular weight excluding hydrogens is 773 g/mol. The maximum atomic E-state index is 2.52. The maximum Gasteiger partial charge on any atom is 0.0732 e. The predicted molar refractivity (Wildman–Crippen MR) is 267 cm³/mol. The molecule has 0 heterocycles. The van der Waals surface area contributed by atoms with Crippen LogP contribution in [0.25, 0.3) is 44.2 Å². The van der Waals surface area contributed by atoms with Crippen LogP contribution >= 0.6 is 0 Å². The molecule has 0 saturated heterocycles. The van der Waals surface area contributed by atoms with E-state index in [0.717, 1.165) is 34.1 Å². The van der Waals surface area contributed by atoms with Crippen molar-refractivity contribution in [2.75, 3.05) is 9.80 Å². The summed E-state index contributed by atoms with van der Waals surface area (Å²) in [5, 5.41) is 2.48. The third kappa shape index (κ3) is 5.02. The first-order valence-electron chi connectivity index (χ1n) is 22.4. The molecule has 0 amide bonds. The molecule has 0 N–H and O–H groups in total. The highest BCUT2D eigenvalue weighted by molar-refractivity contribution is 6.10. The minimum atomic E-state index is -0.569. The van der Waals surface area contributed by atoms with Crippen LogP contribution in [0.3, 0.4) is 0 Å². The number of nitrogens with zero attached hydrogens (tertiary/aromatic N) is 2. The molecule has 0 aromatic heterocycles. The second kappa shape index (κ2) is 13.8. The molecule has 3 aliphatic carbocycles. The first-order valence-corrected chi connectivity index (χ1v) is 22.4. The molecule has 64 heavy (non-hydrogen) atoms. The zero-order chi connectivity index (χ0) is 42.6. The van der Waals surface area contributed by atoms with Gasteiger partial charge in [-0.05, 0) is 139 Å². The summed E-state index contributed by atoms with van der Waals surface area (Å²) in [4.78, 5) is 4.90. The molecule has 302 valence electrons. The van der Waals surface area contributed by atoms with E-state index in [1.165, 1.54) is 77.5 Å². The summed E-state index contributed by atoms with van der Waals surface area (Å²) in [7, 11) is 0. The number of hydrogen-bond acceptors (Lipinski definition) is 2. The van der Waals surface area contributed by atoms with Gasteiger partial charge in [0.25, 0.3) is 0 Å². The highest BCUT2D eigenvalue weighted by atomic mass is 15.1. The van der Waals surface area contributed by atoms with Crippen molar-refractivity contribution in [2.24, 2.45) is 0 Å². The summed E-state index contributed by atoms with van der Waals surface area (Å²) in [5.41, 5.74) is 22.0. The molecular formula is C62H44N2. The number of para-hydroxylation sites is 3. The van der Waals surface area contributed by atoms with E-state index >= 15 is 0 Å². The van der Waals surface area contributed by atoms with Gasteiger partial charge in [-0.3, -0.25) is 0 Å². The van der Waals surface area contributed by atoms with Gasteiger partial charge in [-0.25, -0.2) is 0 Å². The minimum absolute atomic E-state index is 0.123. The molecule has 1 unspecified atom stereocenters. The fourth-order valence-electron chi connectivity index (χ4n) is 11.7. The average molecular weight is 817 g/mol. The summed E-state index contributed by atoms with van der Waals surface area (Å²) in [6.45, 7) is 4.74. The van der Waals surface area contributed by atoms with Gasteiger partial charge in [0.15, 0.2) is 0 Å². The zero-order valence-corrected chi connectivity index (χ0v) is 35.8. The van der Waals surface area contributed by atoms with Crippen molar-refractivity contribution < 1.29 is 0 Å². The number of hydrogen-bond donors (Lipinski definition) is 0. The second-order valence-corrected chi connectivity index (χ2v) is 18.0. The van der Waals surface area contributed by atoms with Crippen molar-refractivity contribution in [1.29, 1.82) is 0 Å². The third-order valence-corrected chi connectivity index (χ3v) is 14.4. The van der Waals surface area contributed by atoms with Gasteiger partial charge < -0.3 is 9.80 Å². The number of benzene rings is 10. The van der Waals surface area contributed by atoms with Gasteiger partial charge in [-0.15, -0.1) is 0 Å². The summed E-state index contributed by atoms with van der Waals surface area (Å²) in [6, 6.07) is 85.7. The largest absolute Gasteiger partial charge is 0.310 e. The topological polar surface area (TPSA) is 6.48 Å². The molecule has 10 aromatic carbocycles. The summed E-state index contributed by atoms with van der Waals surface area (Å²) in [6.07, 6.45) is 0. The molecule has 2 heteroatoms. The van der Waals surface area contributed by atoms with Crippen LogP contribution in [0.2, 0.25) is 0 Å². The van der Waals surface area contributed by atoms with Crippen molar-refractivity contribution in [2.45, 2.75) is 24.7 Å². The molecule has 13 rings (SSSR count). The normalized spacial score (nSPS) is 15.5. The lowest BCUT2D eigenvalue weighted by atomic mass is 9.69. The SMILES string of the molecule is CC1(C)c2ccccc2-c2ccc(N(c3ccccc3)c3ccc4c(c3)C3(c5ccccc5-4)c4ccccc4-c4cc(N(c5ccccc5)c5ccccc5)c5ccccc5c43)cc21. The Kier molecular flexibility index (Phi) is 7.90. The van der Waals surface area contributed by atoms with Crippen LogP contribution in [-0.4, -0.2) is 0 Å². The molecule has 10 aromatic rings. The van der Waals surface area contributed by atoms with Gasteiger partial charge in [-0.2, -0.15) is 0 Å². The van der Waals surface area contributed by atoms with Crippen molar-refractivity contribution >= 4 is 44.9 Å². The Balaban J connectivity index is 1.08. The molecule has 0 fully saturated rings. The fraction of sp³-hybridized carbons (Fsp3) is 0.0645. The standard InChI is InChI=1S/C62H44N2/c1-61(2)54-31-17-14-26-46(54)49-36-34-44(38-57(49)61)63(41-20-6-3-7-21-41)45-35-37-50-47-27-15-18-32-55(47)62(58(50)39-45)56-33-19-16-28-48(56)53-40-59(51-29-12-13-30-52(51)60(53)62)64(42-22-8-4-9-23-42)43-24-10-5-11-25-43/h3-40H,1-2H3. The minimum Gasteiger partial charge on any atom is -0.310 e. The third-order valence-electron chi connectivity index (χ3n) is 14.4. The van der Waals surface area contributed by atoms with Crippen molar-refractivity contribution in [3.63, 3.8) is 0 Å². The summed E-state index contributed by atoms with van der Waals surface area (Å²) >= 11 is 0. The van der Waals surface area contributed by atoms with Crippen LogP contribution in [0.15, 0.2) is 231 Å². The Labute approximate surface area is 375 Å². The van der Waals surface area contributed by atoms with Crippen LogP contribution in [0, 0.1) is 0 Å². The Hall–Kier alpha value is -7.94. The van der Waals surface area contributed by atoms with E-state index in [1.807, 2.05) is 0 Å². The Morgan fingerprint density at radius 3 is 1.27 bits per heavy atom. The highest BCUT2D eigenvalue weighted by Gasteiger charge is 2.53. The Morgan fingerprint density at radius 2 is 0.688 bits per heavy atom. The van der Waals surface area contributed by atoms with Gasteiger partial charge in [-0.1, -0.05) is 178 Å². The van der Waals surface area contributed by atoms with Crippen LogP contribution in [0.5, 0.6) is 0 Å². The van der Waals surface area contributed by atoms with E-state index in [1.54, 1.807) is 0 Å². The number of anilines is 6. The second-order valence-electron chi connectivity index (χ2n) is 18.0. The van der Waals surface area contributed by atoms with Gasteiger partial charge >= 0.3 is 0 Å². The number of rotatable bonds is 6. The molecule has 0 aliphatic heterocycles. The van der Waals surface area contributed by atoms with Gasteiger partial charge in [0.05, 0.1) is 11.1 Å². The van der Waals surface area contributed by atoms with E-state index in [2.05, 4.69) is 254 Å². The molecule has 0 bridgehead atoms. The molecule has 1 atom stereocenters. The summed E-state index contributed by atoms with van der Waals surface area (Å²) in [5.74, 6) is 0. The van der Waals surface area contributed by atoms with Gasteiger partial charge in [0, 0.05) is 39.2 Å². The lowest BCUT2D eigenvalue weighted by molar-refractivity contribution is 0.660. The van der Waals surface area contributed by atoms with Crippen molar-refractivity contribution in [1.82, 2.24) is 0 Å². The quantitative estimate of drug-likeness (QED) is 0.165. The summed E-state index contributed by atoms with van der Waals surface area (Å²) < 4.78 is 0. The van der Waals surface area contributed by atoms with Crippen LogP contribution in [0.4, 0.5) is 34.1 Å². The lowest BCUT2D eigenvalue weighted by Crippen LogP contribution is -2.26. The average Bonchev–Trinajstić information content (AvgIpc) is 3.91. The zero-order valence-electron chi connectivity index (χ0n) is 35.8. The van der Waals surface area contributed by atoms with Crippen LogP contribution < -0.4 is 9.80 Å². The molecule has 2 nitrogen and oxygen atoms in total. The smallest absolute Gasteiger partial charge is 0.0732 e. The van der Waals surface area contributed by atoms with E-state index in [-0.39, 0.29) is 5.41 Å². The molecule has 0 radical (unpaired) electrons. The highest BCUT2D eigenvalue weighted by Crippen LogP contribution is 2.66.